The fourth-order valence-corrected chi connectivity index (χ4v) is 2.58. The van der Waals surface area contributed by atoms with E-state index in [1.54, 1.807) is 0 Å². The fraction of sp³-hybridized carbons (Fsp3) is 0.273. The van der Waals surface area contributed by atoms with Crippen LogP contribution >= 0.6 is 27.5 Å². The van der Waals surface area contributed by atoms with Crippen LogP contribution in [0.25, 0.3) is 11.0 Å². The Morgan fingerprint density at radius 1 is 1.59 bits per heavy atom. The normalized spacial score (nSPS) is 11.4. The molecule has 0 aliphatic carbocycles. The SMILES string of the molecule is COCc1c(CN)oc2c(Br)cc(Cl)c(F)c12. The van der Waals surface area contributed by atoms with Gasteiger partial charge in [-0.05, 0) is 22.0 Å². The zero-order chi connectivity index (χ0) is 12.6. The lowest BCUT2D eigenvalue weighted by Gasteiger charge is -2.01. The smallest absolute Gasteiger partial charge is 0.153 e. The minimum atomic E-state index is -0.514. The first-order chi connectivity index (χ1) is 8.10. The van der Waals surface area contributed by atoms with Gasteiger partial charge in [-0.3, -0.25) is 0 Å². The first-order valence-corrected chi connectivity index (χ1v) is 6.04. The summed E-state index contributed by atoms with van der Waals surface area (Å²) >= 11 is 9.08. The largest absolute Gasteiger partial charge is 0.458 e. The van der Waals surface area contributed by atoms with Crippen molar-refractivity contribution in [3.63, 3.8) is 0 Å². The predicted octanol–water partition coefficient (Wildman–Crippen LogP) is 3.59. The number of furan rings is 1. The molecule has 0 unspecified atom stereocenters. The Labute approximate surface area is 111 Å². The maximum Gasteiger partial charge on any atom is 0.153 e. The lowest BCUT2D eigenvalue weighted by Crippen LogP contribution is -1.99. The van der Waals surface area contributed by atoms with Crippen molar-refractivity contribution in [3.05, 3.63) is 32.7 Å². The van der Waals surface area contributed by atoms with Crippen LogP contribution in [-0.2, 0) is 17.9 Å². The highest BCUT2D eigenvalue weighted by Crippen LogP contribution is 2.37. The molecule has 0 atom stereocenters. The Morgan fingerprint density at radius 2 is 2.29 bits per heavy atom. The minimum Gasteiger partial charge on any atom is -0.458 e. The second-order valence-electron chi connectivity index (χ2n) is 3.50. The van der Waals surface area contributed by atoms with Crippen molar-refractivity contribution in [1.29, 1.82) is 0 Å². The molecule has 0 spiro atoms. The Hall–Kier alpha value is -0.620. The van der Waals surface area contributed by atoms with E-state index in [0.29, 0.717) is 26.8 Å². The van der Waals surface area contributed by atoms with Crippen LogP contribution in [0.2, 0.25) is 5.02 Å². The van der Waals surface area contributed by atoms with Gasteiger partial charge in [-0.25, -0.2) is 4.39 Å². The monoisotopic (exact) mass is 321 g/mol. The summed E-state index contributed by atoms with van der Waals surface area (Å²) in [5.41, 5.74) is 6.57. The number of fused-ring (bicyclic) bond motifs is 1. The van der Waals surface area contributed by atoms with E-state index in [-0.39, 0.29) is 18.2 Å². The van der Waals surface area contributed by atoms with Gasteiger partial charge in [0.15, 0.2) is 11.4 Å². The van der Waals surface area contributed by atoms with Crippen molar-refractivity contribution in [2.75, 3.05) is 7.11 Å². The van der Waals surface area contributed by atoms with Crippen LogP contribution in [0.4, 0.5) is 4.39 Å². The molecular weight excluding hydrogens is 312 g/mol. The summed E-state index contributed by atoms with van der Waals surface area (Å²) in [6.45, 7) is 0.403. The Bertz CT molecular complexity index is 570. The van der Waals surface area contributed by atoms with Gasteiger partial charge in [0.05, 0.1) is 28.0 Å². The van der Waals surface area contributed by atoms with E-state index in [0.717, 1.165) is 0 Å². The van der Waals surface area contributed by atoms with Gasteiger partial charge in [0.2, 0.25) is 0 Å². The molecule has 0 fully saturated rings. The molecule has 0 radical (unpaired) electrons. The molecule has 2 N–H and O–H groups in total. The summed E-state index contributed by atoms with van der Waals surface area (Å²) in [5, 5.41) is 0.359. The zero-order valence-electron chi connectivity index (χ0n) is 9.02. The summed E-state index contributed by atoms with van der Waals surface area (Å²) in [4.78, 5) is 0. The van der Waals surface area contributed by atoms with Crippen LogP contribution in [0.15, 0.2) is 15.0 Å². The summed E-state index contributed by atoms with van der Waals surface area (Å²) in [6.07, 6.45) is 0. The molecule has 0 bridgehead atoms. The van der Waals surface area contributed by atoms with Crippen molar-refractivity contribution >= 4 is 38.5 Å². The number of rotatable bonds is 3. The molecule has 0 saturated heterocycles. The van der Waals surface area contributed by atoms with Gasteiger partial charge in [-0.2, -0.15) is 0 Å². The molecule has 1 heterocycles. The molecule has 17 heavy (non-hydrogen) atoms. The number of halogens is 3. The van der Waals surface area contributed by atoms with E-state index in [1.807, 2.05) is 0 Å². The van der Waals surface area contributed by atoms with E-state index >= 15 is 0 Å². The molecule has 0 amide bonds. The highest BCUT2D eigenvalue weighted by molar-refractivity contribution is 9.10. The lowest BCUT2D eigenvalue weighted by atomic mass is 10.1. The number of nitrogens with two attached hydrogens (primary N) is 1. The van der Waals surface area contributed by atoms with E-state index in [4.69, 9.17) is 26.5 Å². The van der Waals surface area contributed by atoms with Gasteiger partial charge in [0.25, 0.3) is 0 Å². The van der Waals surface area contributed by atoms with Gasteiger partial charge in [0, 0.05) is 12.7 Å². The topological polar surface area (TPSA) is 48.4 Å². The van der Waals surface area contributed by atoms with Crippen LogP contribution in [0.3, 0.4) is 0 Å². The maximum absolute atomic E-state index is 14.0. The van der Waals surface area contributed by atoms with E-state index < -0.39 is 5.82 Å². The van der Waals surface area contributed by atoms with Crippen LogP contribution in [0, 0.1) is 5.82 Å². The van der Waals surface area contributed by atoms with Crippen LogP contribution < -0.4 is 5.73 Å². The second kappa shape index (κ2) is 4.94. The van der Waals surface area contributed by atoms with Gasteiger partial charge < -0.3 is 14.9 Å². The van der Waals surface area contributed by atoms with E-state index in [9.17, 15) is 4.39 Å². The number of ether oxygens (including phenoxy) is 1. The minimum absolute atomic E-state index is 0.0334. The second-order valence-corrected chi connectivity index (χ2v) is 4.76. The molecular formula is C11H10BrClFNO2. The molecule has 1 aromatic carbocycles. The molecule has 92 valence electrons. The van der Waals surface area contributed by atoms with Crippen molar-refractivity contribution in [3.8, 4) is 0 Å². The molecule has 2 rings (SSSR count). The van der Waals surface area contributed by atoms with Crippen molar-refractivity contribution in [1.82, 2.24) is 0 Å². The third kappa shape index (κ3) is 2.08. The van der Waals surface area contributed by atoms with E-state index in [1.165, 1.54) is 13.2 Å². The summed E-state index contributed by atoms with van der Waals surface area (Å²) < 4.78 is 25.1. The number of hydrogen-bond donors (Lipinski definition) is 1. The number of benzene rings is 1. The van der Waals surface area contributed by atoms with Crippen LogP contribution in [0.5, 0.6) is 0 Å². The maximum atomic E-state index is 14.0. The fourth-order valence-electron chi connectivity index (χ4n) is 1.73. The predicted molar refractivity (Wildman–Crippen MR) is 67.5 cm³/mol. The summed E-state index contributed by atoms with van der Waals surface area (Å²) in [5.74, 6) is -0.0101. The van der Waals surface area contributed by atoms with Crippen LogP contribution in [-0.4, -0.2) is 7.11 Å². The highest BCUT2D eigenvalue weighted by atomic mass is 79.9. The van der Waals surface area contributed by atoms with Gasteiger partial charge in [-0.1, -0.05) is 11.6 Å². The Morgan fingerprint density at radius 3 is 2.88 bits per heavy atom. The zero-order valence-corrected chi connectivity index (χ0v) is 11.4. The van der Waals surface area contributed by atoms with Crippen LogP contribution in [0.1, 0.15) is 11.3 Å². The van der Waals surface area contributed by atoms with Crippen molar-refractivity contribution < 1.29 is 13.5 Å². The third-order valence-corrected chi connectivity index (χ3v) is 3.33. The molecule has 6 heteroatoms. The van der Waals surface area contributed by atoms with Gasteiger partial charge in [-0.15, -0.1) is 0 Å². The molecule has 0 aliphatic rings. The summed E-state index contributed by atoms with van der Waals surface area (Å²) in [7, 11) is 1.52. The standard InChI is InChI=1S/C11H10BrClFNO2/c1-16-4-5-8(3-15)17-11-6(12)2-7(13)10(14)9(5)11/h2H,3-4,15H2,1H3. The quantitative estimate of drug-likeness (QED) is 0.879. The van der Waals surface area contributed by atoms with Crippen molar-refractivity contribution in [2.45, 2.75) is 13.2 Å². The molecule has 0 saturated carbocycles. The highest BCUT2D eigenvalue weighted by Gasteiger charge is 2.21. The average molecular weight is 323 g/mol. The first-order valence-electron chi connectivity index (χ1n) is 4.86. The van der Waals surface area contributed by atoms with E-state index in [2.05, 4.69) is 15.9 Å². The Kier molecular flexibility index (Phi) is 3.73. The van der Waals surface area contributed by atoms with Gasteiger partial charge >= 0.3 is 0 Å². The third-order valence-electron chi connectivity index (χ3n) is 2.46. The molecule has 1 aromatic heterocycles. The molecule has 2 aromatic rings. The average Bonchev–Trinajstić information content (AvgIpc) is 2.66. The van der Waals surface area contributed by atoms with Crippen molar-refractivity contribution in [2.24, 2.45) is 5.73 Å². The lowest BCUT2D eigenvalue weighted by molar-refractivity contribution is 0.183. The first kappa shape index (κ1) is 12.8. The number of methoxy groups -OCH3 is 1. The molecule has 0 aliphatic heterocycles. The van der Waals surface area contributed by atoms with Gasteiger partial charge in [0.1, 0.15) is 5.76 Å². The summed E-state index contributed by atoms with van der Waals surface area (Å²) in [6, 6.07) is 1.46. The number of hydrogen-bond acceptors (Lipinski definition) is 3. The molecule has 3 nitrogen and oxygen atoms in total. The Balaban J connectivity index is 2.84.